The van der Waals surface area contributed by atoms with Crippen LogP contribution in [-0.4, -0.2) is 25.2 Å². The van der Waals surface area contributed by atoms with Gasteiger partial charge in [-0.05, 0) is 44.0 Å². The monoisotopic (exact) mass is 248 g/mol. The van der Waals surface area contributed by atoms with Gasteiger partial charge in [-0.1, -0.05) is 12.1 Å². The number of carbonyl (C=O) groups is 1. The summed E-state index contributed by atoms with van der Waals surface area (Å²) in [6, 6.07) is 7.83. The quantitative estimate of drug-likeness (QED) is 0.849. The van der Waals surface area contributed by atoms with Gasteiger partial charge in [0.2, 0.25) is 5.91 Å². The molecule has 1 fully saturated rings. The van der Waals surface area contributed by atoms with Crippen LogP contribution in [0.1, 0.15) is 18.9 Å². The molecule has 0 spiro atoms. The Bertz CT molecular complexity index is 403. The van der Waals surface area contributed by atoms with Crippen molar-refractivity contribution in [1.29, 1.82) is 0 Å². The number of carbonyl (C=O) groups excluding carboxylic acids is 1. The molecule has 1 aliphatic heterocycles. The van der Waals surface area contributed by atoms with Crippen LogP contribution < -0.4 is 11.1 Å². The van der Waals surface area contributed by atoms with Crippen molar-refractivity contribution in [1.82, 2.24) is 0 Å². The van der Waals surface area contributed by atoms with E-state index in [-0.39, 0.29) is 17.9 Å². The summed E-state index contributed by atoms with van der Waals surface area (Å²) in [4.78, 5) is 12.0. The Hall–Kier alpha value is -1.39. The van der Waals surface area contributed by atoms with Crippen molar-refractivity contribution in [3.63, 3.8) is 0 Å². The fraction of sp³-hybridized carbons (Fsp3) is 0.500. The Morgan fingerprint density at radius 1 is 1.44 bits per heavy atom. The van der Waals surface area contributed by atoms with Gasteiger partial charge in [-0.25, -0.2) is 0 Å². The second-order valence-corrected chi connectivity index (χ2v) is 4.70. The van der Waals surface area contributed by atoms with E-state index >= 15 is 0 Å². The van der Waals surface area contributed by atoms with E-state index in [0.29, 0.717) is 13.2 Å². The number of ether oxygens (including phenoxy) is 1. The zero-order valence-electron chi connectivity index (χ0n) is 10.7. The maximum atomic E-state index is 12.0. The van der Waals surface area contributed by atoms with Gasteiger partial charge >= 0.3 is 0 Å². The van der Waals surface area contributed by atoms with E-state index in [9.17, 15) is 4.79 Å². The van der Waals surface area contributed by atoms with Crippen molar-refractivity contribution in [2.45, 2.75) is 25.9 Å². The predicted molar refractivity (Wildman–Crippen MR) is 71.4 cm³/mol. The number of hydrogen-bond donors (Lipinski definition) is 2. The van der Waals surface area contributed by atoms with Gasteiger partial charge < -0.3 is 15.8 Å². The first kappa shape index (κ1) is 13.1. The first-order valence-electron chi connectivity index (χ1n) is 6.42. The minimum absolute atomic E-state index is 0.0153. The molecular formula is C14H20N2O2. The molecule has 1 aliphatic rings. The second-order valence-electron chi connectivity index (χ2n) is 4.70. The summed E-state index contributed by atoms with van der Waals surface area (Å²) < 4.78 is 5.40. The molecule has 98 valence electrons. The maximum absolute atomic E-state index is 12.0. The number of benzene rings is 1. The highest BCUT2D eigenvalue weighted by molar-refractivity contribution is 5.93. The largest absolute Gasteiger partial charge is 0.378 e. The zero-order chi connectivity index (χ0) is 13.0. The van der Waals surface area contributed by atoms with E-state index in [2.05, 4.69) is 5.32 Å². The van der Waals surface area contributed by atoms with Crippen molar-refractivity contribution >= 4 is 11.6 Å². The van der Waals surface area contributed by atoms with Crippen LogP contribution >= 0.6 is 0 Å². The van der Waals surface area contributed by atoms with Gasteiger partial charge in [0.05, 0.1) is 12.0 Å². The van der Waals surface area contributed by atoms with Gasteiger partial charge in [0.25, 0.3) is 0 Å². The van der Waals surface area contributed by atoms with Gasteiger partial charge in [0.1, 0.15) is 0 Å². The van der Waals surface area contributed by atoms with E-state index < -0.39 is 0 Å². The van der Waals surface area contributed by atoms with E-state index in [1.165, 1.54) is 5.56 Å². The van der Waals surface area contributed by atoms with Crippen LogP contribution in [0.25, 0.3) is 0 Å². The van der Waals surface area contributed by atoms with E-state index in [1.54, 1.807) is 0 Å². The third-order valence-electron chi connectivity index (χ3n) is 3.37. The predicted octanol–water partition coefficient (Wildman–Crippen LogP) is 1.55. The lowest BCUT2D eigenvalue weighted by Crippen LogP contribution is -2.27. The van der Waals surface area contributed by atoms with E-state index in [0.717, 1.165) is 18.5 Å². The molecule has 1 amide bonds. The van der Waals surface area contributed by atoms with Gasteiger partial charge in [-0.3, -0.25) is 4.79 Å². The molecule has 0 aliphatic carbocycles. The average molecular weight is 248 g/mol. The molecule has 18 heavy (non-hydrogen) atoms. The normalized spacial score (nSPS) is 23.0. The molecule has 4 heteroatoms. The molecule has 1 heterocycles. The fourth-order valence-corrected chi connectivity index (χ4v) is 2.23. The smallest absolute Gasteiger partial charge is 0.230 e. The number of anilines is 1. The van der Waals surface area contributed by atoms with Gasteiger partial charge in [0, 0.05) is 12.3 Å². The first-order chi connectivity index (χ1) is 8.70. The molecule has 4 nitrogen and oxygen atoms in total. The third kappa shape index (κ3) is 3.09. The van der Waals surface area contributed by atoms with Crippen LogP contribution in [0.3, 0.4) is 0 Å². The second kappa shape index (κ2) is 5.98. The summed E-state index contributed by atoms with van der Waals surface area (Å²) in [6.45, 7) is 3.26. The van der Waals surface area contributed by atoms with Crippen molar-refractivity contribution in [2.24, 2.45) is 11.7 Å². The minimum atomic E-state index is -0.0336. The number of amides is 1. The van der Waals surface area contributed by atoms with Crippen LogP contribution in [0.2, 0.25) is 0 Å². The number of rotatable bonds is 4. The van der Waals surface area contributed by atoms with Crippen LogP contribution in [0.4, 0.5) is 5.69 Å². The Labute approximate surface area is 108 Å². The SMILES string of the molecule is CC1OCCC1C(=O)Nc1ccc(CCN)cc1. The summed E-state index contributed by atoms with van der Waals surface area (Å²) in [5.74, 6) is 0.0142. The summed E-state index contributed by atoms with van der Waals surface area (Å²) in [5, 5.41) is 2.93. The highest BCUT2D eigenvalue weighted by Crippen LogP contribution is 2.22. The van der Waals surface area contributed by atoms with E-state index in [4.69, 9.17) is 10.5 Å². The molecule has 3 N–H and O–H groups in total. The highest BCUT2D eigenvalue weighted by atomic mass is 16.5. The first-order valence-corrected chi connectivity index (χ1v) is 6.42. The molecule has 0 radical (unpaired) electrons. The molecule has 1 aromatic carbocycles. The third-order valence-corrected chi connectivity index (χ3v) is 3.37. The molecular weight excluding hydrogens is 228 g/mol. The minimum Gasteiger partial charge on any atom is -0.378 e. The van der Waals surface area contributed by atoms with E-state index in [1.807, 2.05) is 31.2 Å². The lowest BCUT2D eigenvalue weighted by molar-refractivity contribution is -0.121. The number of nitrogens with one attached hydrogen (secondary N) is 1. The maximum Gasteiger partial charge on any atom is 0.230 e. The average Bonchev–Trinajstić information content (AvgIpc) is 2.78. The van der Waals surface area contributed by atoms with Crippen LogP contribution in [0.5, 0.6) is 0 Å². The molecule has 2 unspecified atom stereocenters. The molecule has 0 aromatic heterocycles. The summed E-state index contributed by atoms with van der Waals surface area (Å²) in [6.07, 6.45) is 1.68. The van der Waals surface area contributed by atoms with Crippen LogP contribution in [-0.2, 0) is 16.0 Å². The van der Waals surface area contributed by atoms with Gasteiger partial charge in [0.15, 0.2) is 0 Å². The fourth-order valence-electron chi connectivity index (χ4n) is 2.23. The van der Waals surface area contributed by atoms with Crippen LogP contribution in [0, 0.1) is 5.92 Å². The Morgan fingerprint density at radius 3 is 2.72 bits per heavy atom. The van der Waals surface area contributed by atoms with Crippen molar-refractivity contribution in [3.05, 3.63) is 29.8 Å². The van der Waals surface area contributed by atoms with Crippen molar-refractivity contribution in [2.75, 3.05) is 18.5 Å². The Balaban J connectivity index is 1.94. The highest BCUT2D eigenvalue weighted by Gasteiger charge is 2.30. The molecule has 1 aromatic rings. The summed E-state index contributed by atoms with van der Waals surface area (Å²) >= 11 is 0. The molecule has 0 bridgehead atoms. The molecule has 2 atom stereocenters. The summed E-state index contributed by atoms with van der Waals surface area (Å²) in [7, 11) is 0. The Kier molecular flexibility index (Phi) is 4.33. The summed E-state index contributed by atoms with van der Waals surface area (Å²) in [5.41, 5.74) is 7.51. The number of nitrogens with two attached hydrogens (primary N) is 1. The zero-order valence-corrected chi connectivity index (χ0v) is 10.7. The molecule has 1 saturated heterocycles. The Morgan fingerprint density at radius 2 is 2.17 bits per heavy atom. The lowest BCUT2D eigenvalue weighted by Gasteiger charge is -2.14. The van der Waals surface area contributed by atoms with Crippen LogP contribution in [0.15, 0.2) is 24.3 Å². The topological polar surface area (TPSA) is 64.3 Å². The van der Waals surface area contributed by atoms with Gasteiger partial charge in [-0.2, -0.15) is 0 Å². The molecule has 0 saturated carbocycles. The number of hydrogen-bond acceptors (Lipinski definition) is 3. The van der Waals surface area contributed by atoms with Gasteiger partial charge in [-0.15, -0.1) is 0 Å². The standard InChI is InChI=1S/C14H20N2O2/c1-10-13(7-9-18-10)14(17)16-12-4-2-11(3-5-12)6-8-15/h2-5,10,13H,6-9,15H2,1H3,(H,16,17). The molecule has 2 rings (SSSR count). The lowest BCUT2D eigenvalue weighted by atomic mass is 10.0. The van der Waals surface area contributed by atoms with Crippen molar-refractivity contribution in [3.8, 4) is 0 Å². The van der Waals surface area contributed by atoms with Crippen molar-refractivity contribution < 1.29 is 9.53 Å².